The Balaban J connectivity index is 2.31. The van der Waals surface area contributed by atoms with Crippen molar-refractivity contribution in [2.24, 2.45) is 0 Å². The number of hydrogen-bond acceptors (Lipinski definition) is 1. The van der Waals surface area contributed by atoms with Crippen LogP contribution in [0, 0.1) is 0 Å². The molecule has 2 aromatic rings. The molecule has 0 amide bonds. The second kappa shape index (κ2) is 5.76. The van der Waals surface area contributed by atoms with Crippen molar-refractivity contribution < 1.29 is 0 Å². The summed E-state index contributed by atoms with van der Waals surface area (Å²) in [4.78, 5) is 0. The third kappa shape index (κ3) is 2.67. The topological polar surface area (TPSA) is 0 Å². The molecule has 1 heteroatoms. The second-order valence-corrected chi connectivity index (χ2v) is 5.04. The van der Waals surface area contributed by atoms with Gasteiger partial charge in [-0.3, -0.25) is 0 Å². The normalized spacial score (nSPS) is 10.6. The zero-order valence-electron chi connectivity index (χ0n) is 9.47. The molecule has 16 heavy (non-hydrogen) atoms. The van der Waals surface area contributed by atoms with Crippen LogP contribution in [-0.4, -0.2) is 5.75 Å². The van der Waals surface area contributed by atoms with Gasteiger partial charge in [0.05, 0.1) is 5.25 Å². The van der Waals surface area contributed by atoms with Gasteiger partial charge in [0, 0.05) is 0 Å². The van der Waals surface area contributed by atoms with Gasteiger partial charge in [-0.2, -0.15) is 0 Å². The van der Waals surface area contributed by atoms with Gasteiger partial charge in [-0.1, -0.05) is 67.6 Å². The van der Waals surface area contributed by atoms with Gasteiger partial charge in [-0.15, -0.1) is 11.8 Å². The molecule has 0 spiro atoms. The fraction of sp³-hybridized carbons (Fsp3) is 0.200. The Morgan fingerprint density at radius 1 is 0.812 bits per heavy atom. The van der Waals surface area contributed by atoms with Crippen LogP contribution < -0.4 is 0 Å². The lowest BCUT2D eigenvalue weighted by Crippen LogP contribution is -1.96. The Kier molecular flexibility index (Phi) is 4.06. The highest BCUT2D eigenvalue weighted by Gasteiger charge is 2.12. The minimum Gasteiger partial charge on any atom is -0.149 e. The largest absolute Gasteiger partial charge is 0.149 e. The highest BCUT2D eigenvalue weighted by Crippen LogP contribution is 2.34. The van der Waals surface area contributed by atoms with Crippen molar-refractivity contribution in [1.82, 2.24) is 0 Å². The van der Waals surface area contributed by atoms with Gasteiger partial charge in [0.1, 0.15) is 0 Å². The molecule has 0 nitrogen and oxygen atoms in total. The highest BCUT2D eigenvalue weighted by molar-refractivity contribution is 7.99. The van der Waals surface area contributed by atoms with Crippen molar-refractivity contribution in [3.05, 3.63) is 71.8 Å². The maximum atomic E-state index is 2.21. The van der Waals surface area contributed by atoms with Gasteiger partial charge in [0.15, 0.2) is 0 Å². The van der Waals surface area contributed by atoms with Crippen molar-refractivity contribution in [2.45, 2.75) is 12.2 Å². The van der Waals surface area contributed by atoms with Crippen LogP contribution >= 0.6 is 11.8 Å². The Labute approximate surface area is 102 Å². The minimum atomic E-state index is 0.465. The van der Waals surface area contributed by atoms with Gasteiger partial charge in [0.2, 0.25) is 0 Å². The van der Waals surface area contributed by atoms with Crippen molar-refractivity contribution in [3.63, 3.8) is 0 Å². The van der Waals surface area contributed by atoms with Crippen LogP contribution in [0.2, 0.25) is 0 Å². The van der Waals surface area contributed by atoms with E-state index in [2.05, 4.69) is 67.6 Å². The molecule has 82 valence electrons. The van der Waals surface area contributed by atoms with Crippen LogP contribution in [0.15, 0.2) is 60.7 Å². The van der Waals surface area contributed by atoms with Crippen LogP contribution in [0.1, 0.15) is 23.3 Å². The molecule has 2 aromatic carbocycles. The SMILES string of the molecule is CCSC(c1ccccc1)c1ccccc1. The first-order valence-electron chi connectivity index (χ1n) is 5.63. The predicted molar refractivity (Wildman–Crippen MR) is 72.9 cm³/mol. The molecule has 0 saturated carbocycles. The van der Waals surface area contributed by atoms with E-state index in [4.69, 9.17) is 0 Å². The summed E-state index contributed by atoms with van der Waals surface area (Å²) in [5.74, 6) is 1.13. The summed E-state index contributed by atoms with van der Waals surface area (Å²) in [6.07, 6.45) is 0. The van der Waals surface area contributed by atoms with Gasteiger partial charge in [0.25, 0.3) is 0 Å². The van der Waals surface area contributed by atoms with E-state index in [0.717, 1.165) is 5.75 Å². The maximum Gasteiger partial charge on any atom is 0.0546 e. The Morgan fingerprint density at radius 3 is 1.62 bits per heavy atom. The fourth-order valence-electron chi connectivity index (χ4n) is 1.81. The van der Waals surface area contributed by atoms with E-state index < -0.39 is 0 Å². The molecule has 2 rings (SSSR count). The molecular formula is C15H16S. The summed E-state index contributed by atoms with van der Waals surface area (Å²) in [5, 5.41) is 0.465. The van der Waals surface area contributed by atoms with E-state index in [1.54, 1.807) is 0 Å². The first kappa shape index (κ1) is 11.3. The average molecular weight is 228 g/mol. The molecule has 0 atom stereocenters. The van der Waals surface area contributed by atoms with E-state index in [9.17, 15) is 0 Å². The lowest BCUT2D eigenvalue weighted by Gasteiger charge is -2.16. The first-order valence-corrected chi connectivity index (χ1v) is 6.68. The maximum absolute atomic E-state index is 2.21. The van der Waals surface area contributed by atoms with E-state index in [1.165, 1.54) is 11.1 Å². The summed E-state index contributed by atoms with van der Waals surface area (Å²) >= 11 is 1.98. The average Bonchev–Trinajstić information content (AvgIpc) is 2.38. The summed E-state index contributed by atoms with van der Waals surface area (Å²) in [5.41, 5.74) is 2.78. The quantitative estimate of drug-likeness (QED) is 0.741. The van der Waals surface area contributed by atoms with Crippen molar-refractivity contribution in [3.8, 4) is 0 Å². The molecular weight excluding hydrogens is 212 g/mol. The summed E-state index contributed by atoms with van der Waals surface area (Å²) in [7, 11) is 0. The van der Waals surface area contributed by atoms with Crippen molar-refractivity contribution >= 4 is 11.8 Å². The van der Waals surface area contributed by atoms with E-state index in [1.807, 2.05) is 11.8 Å². The molecule has 0 aromatic heterocycles. The molecule has 0 unspecified atom stereocenters. The number of benzene rings is 2. The van der Waals surface area contributed by atoms with E-state index in [-0.39, 0.29) is 0 Å². The molecule has 0 aliphatic carbocycles. The lowest BCUT2D eigenvalue weighted by molar-refractivity contribution is 1.15. The third-order valence-electron chi connectivity index (χ3n) is 2.54. The Morgan fingerprint density at radius 2 is 1.25 bits per heavy atom. The molecule has 0 radical (unpaired) electrons. The van der Waals surface area contributed by atoms with E-state index >= 15 is 0 Å². The number of hydrogen-bond donors (Lipinski definition) is 0. The monoisotopic (exact) mass is 228 g/mol. The van der Waals surface area contributed by atoms with Crippen LogP contribution in [0.4, 0.5) is 0 Å². The summed E-state index contributed by atoms with van der Waals surface area (Å²) < 4.78 is 0. The second-order valence-electron chi connectivity index (χ2n) is 3.66. The van der Waals surface area contributed by atoms with Crippen LogP contribution in [-0.2, 0) is 0 Å². The van der Waals surface area contributed by atoms with Gasteiger partial charge in [-0.25, -0.2) is 0 Å². The smallest absolute Gasteiger partial charge is 0.0546 e. The zero-order valence-corrected chi connectivity index (χ0v) is 10.3. The summed E-state index contributed by atoms with van der Waals surface area (Å²) in [6, 6.07) is 21.4. The minimum absolute atomic E-state index is 0.465. The summed E-state index contributed by atoms with van der Waals surface area (Å²) in [6.45, 7) is 2.21. The molecule has 0 aliphatic heterocycles. The van der Waals surface area contributed by atoms with Crippen LogP contribution in [0.3, 0.4) is 0 Å². The highest BCUT2D eigenvalue weighted by atomic mass is 32.2. The van der Waals surface area contributed by atoms with E-state index in [0.29, 0.717) is 5.25 Å². The first-order chi connectivity index (χ1) is 7.92. The molecule has 0 saturated heterocycles. The number of rotatable bonds is 4. The molecule has 0 heterocycles. The molecule has 0 fully saturated rings. The standard InChI is InChI=1S/C15H16S/c1-2-16-15(13-9-5-3-6-10-13)14-11-7-4-8-12-14/h3-12,15H,2H2,1H3. The van der Waals surface area contributed by atoms with Gasteiger partial charge in [-0.05, 0) is 16.9 Å². The zero-order chi connectivity index (χ0) is 11.2. The molecule has 0 bridgehead atoms. The Bertz CT molecular complexity index is 368. The Hall–Kier alpha value is -1.21. The van der Waals surface area contributed by atoms with Crippen LogP contribution in [0.25, 0.3) is 0 Å². The van der Waals surface area contributed by atoms with Crippen LogP contribution in [0.5, 0.6) is 0 Å². The molecule has 0 aliphatic rings. The third-order valence-corrected chi connectivity index (χ3v) is 3.75. The van der Waals surface area contributed by atoms with Gasteiger partial charge < -0.3 is 0 Å². The van der Waals surface area contributed by atoms with Crippen molar-refractivity contribution in [1.29, 1.82) is 0 Å². The lowest BCUT2D eigenvalue weighted by atomic mass is 10.0. The fourth-order valence-corrected chi connectivity index (χ4v) is 2.84. The van der Waals surface area contributed by atoms with Gasteiger partial charge >= 0.3 is 0 Å². The predicted octanol–water partition coefficient (Wildman–Crippen LogP) is 4.53. The number of thioether (sulfide) groups is 1. The van der Waals surface area contributed by atoms with Crippen molar-refractivity contribution in [2.75, 3.05) is 5.75 Å². The molecule has 0 N–H and O–H groups in total.